The largest absolute Gasteiger partial charge is 0.293 e. The molecule has 0 radical (unpaired) electrons. The Hall–Kier alpha value is -3.64. The van der Waals surface area contributed by atoms with Gasteiger partial charge in [0.2, 0.25) is 0 Å². The molecule has 8 nitrogen and oxygen atoms in total. The van der Waals surface area contributed by atoms with Crippen molar-refractivity contribution >= 4 is 65.2 Å². The Labute approximate surface area is 425 Å². The molecule has 0 bridgehead atoms. The molecule has 0 unspecified atom stereocenters. The molecule has 0 spiro atoms. The lowest BCUT2D eigenvalue weighted by Crippen LogP contribution is -2.37. The van der Waals surface area contributed by atoms with Crippen LogP contribution >= 0.6 is 0 Å². The molecule has 4 aromatic rings. The third-order valence-corrected chi connectivity index (χ3v) is 33.9. The molecule has 13 heteroatoms. The van der Waals surface area contributed by atoms with Gasteiger partial charge in [0, 0.05) is 133 Å². The second kappa shape index (κ2) is 31.6. The molecule has 0 saturated heterocycles. The molecule has 0 atom stereocenters. The van der Waals surface area contributed by atoms with Crippen molar-refractivity contribution in [3.05, 3.63) is 120 Å². The van der Waals surface area contributed by atoms with Gasteiger partial charge in [0.25, 0.3) is 0 Å². The average Bonchev–Trinajstić information content (AvgIpc) is 3.32. The van der Waals surface area contributed by atoms with Gasteiger partial charge in [-0.3, -0.25) is 39.9 Å². The topological polar surface area (TPSA) is 101 Å². The van der Waals surface area contributed by atoms with Gasteiger partial charge < -0.3 is 0 Å². The summed E-state index contributed by atoms with van der Waals surface area (Å²) in [5, 5.41) is 0. The van der Waals surface area contributed by atoms with Crippen molar-refractivity contribution < 1.29 is 0 Å². The Balaban J connectivity index is 1.42. The van der Waals surface area contributed by atoms with E-state index >= 15 is 0 Å². The van der Waals surface area contributed by atoms with Crippen molar-refractivity contribution in [1.29, 1.82) is 0 Å². The predicted molar refractivity (Wildman–Crippen MR) is 317 cm³/mol. The molecule has 69 heavy (non-hydrogen) atoms. The van der Waals surface area contributed by atoms with E-state index in [0.29, 0.717) is 0 Å². The minimum absolute atomic E-state index is 0.932. The average molecular weight is 1020 g/mol. The number of rotatable bonds is 36. The van der Waals surface area contributed by atoms with Gasteiger partial charge in [-0.1, -0.05) is 151 Å². The van der Waals surface area contributed by atoms with Crippen molar-refractivity contribution in [3.8, 4) is 0 Å². The Bertz CT molecular complexity index is 1760. The first-order valence-corrected chi connectivity index (χ1v) is 43.2. The number of hydrogen-bond donors (Lipinski definition) is 0. The first-order valence-electron chi connectivity index (χ1n) is 26.7. The normalized spacial score (nSPS) is 13.9. The van der Waals surface area contributed by atoms with Crippen LogP contribution in [0, 0.1) is 0 Å². The molecule has 4 heterocycles. The van der Waals surface area contributed by atoms with E-state index in [-0.39, 0.29) is 0 Å². The van der Waals surface area contributed by atoms with Crippen LogP contribution in [0.1, 0.15) is 73.6 Å². The first kappa shape index (κ1) is 57.9. The second-order valence-corrected chi connectivity index (χ2v) is 49.6. The van der Waals surface area contributed by atoms with Crippen molar-refractivity contribution in [2.45, 2.75) is 176 Å². The van der Waals surface area contributed by atoms with E-state index < -0.39 is 40.4 Å². The fourth-order valence-electron chi connectivity index (χ4n) is 10.1. The lowest BCUT2D eigenvalue weighted by molar-refractivity contribution is 0.841. The van der Waals surface area contributed by atoms with Gasteiger partial charge in [0.1, 0.15) is 0 Å². The van der Waals surface area contributed by atoms with Crippen LogP contribution in [0.25, 0.3) is 0 Å². The van der Waals surface area contributed by atoms with Crippen LogP contribution in [0.5, 0.6) is 0 Å². The Morgan fingerprint density at radius 3 is 0.681 bits per heavy atom. The standard InChI is InChI=1S/C56H92N8Si5/c1-65(2,37-9-25-61-49-53-17-29-57-30-18-53)41-13-45-69(46-14-42-66(3,4)38-10-26-62-50-54-19-31-58-32-20-54,47-15-43-67(5,6)39-11-27-63-51-55-21-33-59-34-22-55)48-16-44-68(7,8)40-12-28-64-52-56-23-35-60-36-24-56/h17-24,29-36,49-52H,9-16,25-28,37-48H2,1-8H3. The van der Waals surface area contributed by atoms with Gasteiger partial charge in [0.15, 0.2) is 0 Å². The van der Waals surface area contributed by atoms with Crippen LogP contribution < -0.4 is 0 Å². The Morgan fingerprint density at radius 2 is 0.478 bits per heavy atom. The lowest BCUT2D eigenvalue weighted by Gasteiger charge is -2.36. The molecule has 0 aliphatic carbocycles. The smallest absolute Gasteiger partial charge is 0.0535 e. The summed E-state index contributed by atoms with van der Waals surface area (Å²) in [5.41, 5.74) is 4.59. The molecule has 376 valence electrons. The third-order valence-electron chi connectivity index (χ3n) is 14.6. The second-order valence-electron chi connectivity index (χ2n) is 23.2. The summed E-state index contributed by atoms with van der Waals surface area (Å²) < 4.78 is 0. The number of hydrogen-bond acceptors (Lipinski definition) is 8. The van der Waals surface area contributed by atoms with Gasteiger partial charge in [-0.05, 0) is 96.5 Å². The summed E-state index contributed by atoms with van der Waals surface area (Å²) in [7, 11) is -6.87. The van der Waals surface area contributed by atoms with Crippen LogP contribution in [0.3, 0.4) is 0 Å². The van der Waals surface area contributed by atoms with Gasteiger partial charge in [-0.25, -0.2) is 0 Å². The zero-order valence-corrected chi connectivity index (χ0v) is 49.6. The fourth-order valence-corrected chi connectivity index (χ4v) is 26.7. The highest BCUT2D eigenvalue weighted by molar-refractivity contribution is 6.82. The highest BCUT2D eigenvalue weighted by Gasteiger charge is 2.35. The molecule has 4 aromatic heterocycles. The summed E-state index contributed by atoms with van der Waals surface area (Å²) in [4.78, 5) is 35.8. The number of pyridine rings is 4. The van der Waals surface area contributed by atoms with E-state index in [0.717, 1.165) is 48.4 Å². The van der Waals surface area contributed by atoms with Crippen molar-refractivity contribution in [1.82, 2.24) is 19.9 Å². The molecular formula is C56H92N8Si5. The van der Waals surface area contributed by atoms with Crippen LogP contribution in [-0.4, -0.2) is 111 Å². The molecule has 0 aliphatic rings. The van der Waals surface area contributed by atoms with E-state index in [2.05, 4.69) is 72.3 Å². The number of aliphatic imine (C=N–C) groups is 4. The summed E-state index contributed by atoms with van der Waals surface area (Å²) >= 11 is 0. The molecule has 0 aromatic carbocycles. The molecular weight excluding hydrogens is 925 g/mol. The maximum atomic E-state index is 4.80. The molecule has 0 saturated carbocycles. The first-order chi connectivity index (χ1) is 33.1. The van der Waals surface area contributed by atoms with Gasteiger partial charge in [0.05, 0.1) is 8.07 Å². The Morgan fingerprint density at radius 1 is 0.290 bits per heavy atom. The highest BCUT2D eigenvalue weighted by atomic mass is 28.3. The number of aromatic nitrogens is 4. The molecule has 4 rings (SSSR count). The predicted octanol–water partition coefficient (Wildman–Crippen LogP) is 15.4. The summed E-state index contributed by atoms with van der Waals surface area (Å²) in [5.74, 6) is 0. The molecule has 0 N–H and O–H groups in total. The highest BCUT2D eigenvalue weighted by Crippen LogP contribution is 2.39. The lowest BCUT2D eigenvalue weighted by atomic mass is 10.3. The van der Waals surface area contributed by atoms with E-state index in [1.54, 1.807) is 24.2 Å². The monoisotopic (exact) mass is 1020 g/mol. The zero-order valence-electron chi connectivity index (χ0n) is 44.6. The zero-order chi connectivity index (χ0) is 49.6. The molecule has 0 amide bonds. The van der Waals surface area contributed by atoms with Crippen LogP contribution in [0.2, 0.25) is 125 Å². The summed E-state index contributed by atoms with van der Waals surface area (Å²) in [6.07, 6.45) is 33.6. The van der Waals surface area contributed by atoms with E-state index in [9.17, 15) is 0 Å². The van der Waals surface area contributed by atoms with Crippen LogP contribution in [0.15, 0.2) is 118 Å². The van der Waals surface area contributed by atoms with Gasteiger partial charge in [-0.2, -0.15) is 0 Å². The van der Waals surface area contributed by atoms with E-state index in [1.807, 2.05) is 123 Å². The van der Waals surface area contributed by atoms with Crippen molar-refractivity contribution in [2.24, 2.45) is 20.0 Å². The van der Waals surface area contributed by atoms with E-state index in [1.165, 1.54) is 99.7 Å². The minimum atomic E-state index is -1.55. The SMILES string of the molecule is C[Si](C)(CCCN=Cc1ccncc1)CCC[Si](CCC[Si](C)(C)CCCN=Cc1ccncc1)(CCC[Si](C)(C)CCCN=Cc1ccncc1)CCC[Si](C)(C)CCCN=Cc1ccncc1. The summed E-state index contributed by atoms with van der Waals surface area (Å²) in [6, 6.07) is 33.9. The quantitative estimate of drug-likeness (QED) is 0.0257. The van der Waals surface area contributed by atoms with E-state index in [4.69, 9.17) is 20.0 Å². The maximum Gasteiger partial charge on any atom is 0.0535 e. The summed E-state index contributed by atoms with van der Waals surface area (Å²) in [6.45, 7) is 25.1. The minimum Gasteiger partial charge on any atom is -0.293 e. The van der Waals surface area contributed by atoms with Gasteiger partial charge >= 0.3 is 0 Å². The van der Waals surface area contributed by atoms with Crippen molar-refractivity contribution in [3.63, 3.8) is 0 Å². The third kappa shape index (κ3) is 27.0. The van der Waals surface area contributed by atoms with Crippen LogP contribution in [0.4, 0.5) is 0 Å². The Kier molecular flexibility index (Phi) is 26.6. The number of nitrogens with zero attached hydrogens (tertiary/aromatic N) is 8. The maximum absolute atomic E-state index is 4.80. The van der Waals surface area contributed by atoms with Gasteiger partial charge in [-0.15, -0.1) is 0 Å². The van der Waals surface area contributed by atoms with Crippen molar-refractivity contribution in [2.75, 3.05) is 26.2 Å². The molecule has 0 fully saturated rings. The fraction of sp³-hybridized carbons (Fsp3) is 0.571. The molecule has 0 aliphatic heterocycles. The van der Waals surface area contributed by atoms with Crippen LogP contribution in [-0.2, 0) is 0 Å².